The second-order valence-corrected chi connectivity index (χ2v) is 12.4. The zero-order valence-electron chi connectivity index (χ0n) is 23.3. The molecule has 2 aromatic carbocycles. The maximum Gasteiger partial charge on any atom is 0.415 e. The van der Waals surface area contributed by atoms with Crippen LogP contribution in [0.1, 0.15) is 51.5 Å². The van der Waals surface area contributed by atoms with Crippen LogP contribution in [0.5, 0.6) is 5.75 Å². The first-order chi connectivity index (χ1) is 19.1. The molecule has 5 rings (SSSR count). The summed E-state index contributed by atoms with van der Waals surface area (Å²) >= 11 is 6.15. The van der Waals surface area contributed by atoms with Gasteiger partial charge in [0.25, 0.3) is 0 Å². The maximum absolute atomic E-state index is 13.7. The van der Waals surface area contributed by atoms with Crippen LogP contribution in [0, 0.1) is 23.1 Å². The molecule has 1 saturated carbocycles. The Morgan fingerprint density at radius 2 is 1.60 bits per heavy atom. The largest absolute Gasteiger partial charge is 0.415 e. The van der Waals surface area contributed by atoms with Crippen molar-refractivity contribution in [1.82, 2.24) is 14.7 Å². The summed E-state index contributed by atoms with van der Waals surface area (Å²) in [6, 6.07) is 12.5. The van der Waals surface area contributed by atoms with E-state index in [-0.39, 0.29) is 46.8 Å². The molecule has 0 spiro atoms. The molecule has 2 aliphatic heterocycles. The molecule has 3 unspecified atom stereocenters. The highest BCUT2D eigenvalue weighted by atomic mass is 35.5. The molecule has 1 aliphatic carbocycles. The van der Waals surface area contributed by atoms with E-state index in [1.165, 1.54) is 24.3 Å². The van der Waals surface area contributed by atoms with Crippen molar-refractivity contribution in [3.8, 4) is 5.75 Å². The van der Waals surface area contributed by atoms with Crippen LogP contribution in [0.3, 0.4) is 0 Å². The van der Waals surface area contributed by atoms with Crippen LogP contribution in [0.15, 0.2) is 48.5 Å². The Bertz CT molecular complexity index is 1240. The quantitative estimate of drug-likeness (QED) is 0.455. The lowest BCUT2D eigenvalue weighted by Crippen LogP contribution is -2.47. The Balaban J connectivity index is 1.29. The third-order valence-corrected chi connectivity index (χ3v) is 9.11. The summed E-state index contributed by atoms with van der Waals surface area (Å²) in [5, 5.41) is 0.616. The summed E-state index contributed by atoms with van der Waals surface area (Å²) in [5.74, 6) is -0.0283. The van der Waals surface area contributed by atoms with Crippen molar-refractivity contribution < 1.29 is 23.5 Å². The maximum atomic E-state index is 13.7. The van der Waals surface area contributed by atoms with Crippen molar-refractivity contribution in [2.75, 3.05) is 32.7 Å². The SMILES string of the molecule is CCN(C(=O)Oc1ccc(F)cc1)C1CN(C(=O)C2CCN(C(=O)C3CC3(C)C)CC2)CC1c1ccc(Cl)cc1. The van der Waals surface area contributed by atoms with Crippen LogP contribution in [-0.4, -0.2) is 71.4 Å². The molecule has 3 fully saturated rings. The molecule has 2 heterocycles. The molecule has 0 N–H and O–H groups in total. The summed E-state index contributed by atoms with van der Waals surface area (Å²) < 4.78 is 18.9. The molecule has 214 valence electrons. The highest BCUT2D eigenvalue weighted by Crippen LogP contribution is 2.52. The van der Waals surface area contributed by atoms with Gasteiger partial charge in [0.2, 0.25) is 11.8 Å². The van der Waals surface area contributed by atoms with Crippen LogP contribution in [0.2, 0.25) is 5.02 Å². The number of hydrogen-bond acceptors (Lipinski definition) is 4. The van der Waals surface area contributed by atoms with Crippen LogP contribution >= 0.6 is 11.6 Å². The second kappa shape index (κ2) is 11.4. The van der Waals surface area contributed by atoms with Crippen molar-refractivity contribution in [2.45, 2.75) is 52.0 Å². The number of ether oxygens (including phenoxy) is 1. The van der Waals surface area contributed by atoms with Gasteiger partial charge in [-0.2, -0.15) is 0 Å². The van der Waals surface area contributed by atoms with E-state index in [0.717, 1.165) is 12.0 Å². The van der Waals surface area contributed by atoms with Crippen LogP contribution in [0.4, 0.5) is 9.18 Å². The summed E-state index contributed by atoms with van der Waals surface area (Å²) in [6.45, 7) is 8.58. The first-order valence-corrected chi connectivity index (χ1v) is 14.5. The number of rotatable bonds is 6. The standard InChI is InChI=1S/C31H37ClFN3O4/c1-4-36(30(39)40-24-11-9-23(33)10-12-24)27-19-35(18-25(27)20-5-7-22(32)8-6-20)28(37)21-13-15-34(16-14-21)29(38)26-17-31(26,2)3/h5-12,21,25-27H,4,13-19H2,1-3H3. The lowest BCUT2D eigenvalue weighted by molar-refractivity contribution is -0.141. The minimum atomic E-state index is -0.540. The van der Waals surface area contributed by atoms with Gasteiger partial charge in [0, 0.05) is 55.5 Å². The molecule has 0 bridgehead atoms. The van der Waals surface area contributed by atoms with Crippen molar-refractivity contribution in [2.24, 2.45) is 17.3 Å². The molecular formula is C31H37ClFN3O4. The smallest absolute Gasteiger partial charge is 0.410 e. The van der Waals surface area contributed by atoms with E-state index in [2.05, 4.69) is 13.8 Å². The zero-order chi connectivity index (χ0) is 28.6. The van der Waals surface area contributed by atoms with Gasteiger partial charge in [-0.3, -0.25) is 9.59 Å². The molecule has 0 aromatic heterocycles. The molecule has 0 radical (unpaired) electrons. The fourth-order valence-corrected chi connectivity index (χ4v) is 6.32. The average Bonchev–Trinajstić information content (AvgIpc) is 3.37. The Morgan fingerprint density at radius 1 is 0.975 bits per heavy atom. The topological polar surface area (TPSA) is 70.2 Å². The summed E-state index contributed by atoms with van der Waals surface area (Å²) in [7, 11) is 0. The van der Waals surface area contributed by atoms with Crippen molar-refractivity contribution in [3.63, 3.8) is 0 Å². The van der Waals surface area contributed by atoms with E-state index in [1.807, 2.05) is 41.0 Å². The molecule has 40 heavy (non-hydrogen) atoms. The molecule has 2 saturated heterocycles. The zero-order valence-corrected chi connectivity index (χ0v) is 24.1. The third-order valence-electron chi connectivity index (χ3n) is 8.86. The highest BCUT2D eigenvalue weighted by Gasteiger charge is 2.52. The molecule has 3 aliphatic rings. The number of carbonyl (C=O) groups is 3. The number of benzene rings is 2. The van der Waals surface area contributed by atoms with Crippen LogP contribution in [0.25, 0.3) is 0 Å². The predicted octanol–water partition coefficient (Wildman–Crippen LogP) is 5.58. The van der Waals surface area contributed by atoms with E-state index in [0.29, 0.717) is 50.6 Å². The Hall–Kier alpha value is -3.13. The summed E-state index contributed by atoms with van der Waals surface area (Å²) in [6.07, 6.45) is 1.69. The van der Waals surface area contributed by atoms with E-state index < -0.39 is 11.9 Å². The minimum absolute atomic E-state index is 0.0725. The van der Waals surface area contributed by atoms with Crippen molar-refractivity contribution >= 4 is 29.5 Å². The fraction of sp³-hybridized carbons (Fsp3) is 0.516. The van der Waals surface area contributed by atoms with E-state index in [4.69, 9.17) is 16.3 Å². The number of halogens is 2. The second-order valence-electron chi connectivity index (χ2n) is 11.9. The number of hydrogen-bond donors (Lipinski definition) is 0. The van der Waals surface area contributed by atoms with Gasteiger partial charge in [0.15, 0.2) is 0 Å². The van der Waals surface area contributed by atoms with Gasteiger partial charge >= 0.3 is 6.09 Å². The normalized spacial score (nSPS) is 24.1. The number of piperidine rings is 1. The van der Waals surface area contributed by atoms with Gasteiger partial charge in [-0.1, -0.05) is 37.6 Å². The van der Waals surface area contributed by atoms with Crippen LogP contribution in [-0.2, 0) is 9.59 Å². The lowest BCUT2D eigenvalue weighted by atomic mass is 9.93. The van der Waals surface area contributed by atoms with Gasteiger partial charge < -0.3 is 19.4 Å². The summed E-state index contributed by atoms with van der Waals surface area (Å²) in [4.78, 5) is 45.3. The highest BCUT2D eigenvalue weighted by molar-refractivity contribution is 6.30. The number of nitrogens with zero attached hydrogens (tertiary/aromatic N) is 3. The number of amides is 3. The third kappa shape index (κ3) is 5.97. The first kappa shape index (κ1) is 28.4. The average molecular weight is 570 g/mol. The monoisotopic (exact) mass is 569 g/mol. The van der Waals surface area contributed by atoms with E-state index >= 15 is 0 Å². The van der Waals surface area contributed by atoms with Gasteiger partial charge in [0.1, 0.15) is 11.6 Å². The Morgan fingerprint density at radius 3 is 2.17 bits per heavy atom. The molecule has 9 heteroatoms. The van der Waals surface area contributed by atoms with Gasteiger partial charge in [-0.25, -0.2) is 9.18 Å². The number of likely N-dealkylation sites (tertiary alicyclic amines) is 2. The van der Waals surface area contributed by atoms with Crippen molar-refractivity contribution in [3.05, 3.63) is 64.9 Å². The predicted molar refractivity (Wildman–Crippen MR) is 151 cm³/mol. The molecule has 7 nitrogen and oxygen atoms in total. The summed E-state index contributed by atoms with van der Waals surface area (Å²) in [5.41, 5.74) is 1.08. The van der Waals surface area contributed by atoms with Gasteiger partial charge in [-0.05, 0) is 73.6 Å². The fourth-order valence-electron chi connectivity index (χ4n) is 6.20. The van der Waals surface area contributed by atoms with Crippen molar-refractivity contribution in [1.29, 1.82) is 0 Å². The number of likely N-dealkylation sites (N-methyl/N-ethyl adjacent to an activating group) is 1. The van der Waals surface area contributed by atoms with Gasteiger partial charge in [0.05, 0.1) is 6.04 Å². The Labute approximate surface area is 240 Å². The van der Waals surface area contributed by atoms with E-state index in [1.54, 1.807) is 4.90 Å². The number of carbonyl (C=O) groups excluding carboxylic acids is 3. The van der Waals surface area contributed by atoms with Crippen LogP contribution < -0.4 is 4.74 Å². The minimum Gasteiger partial charge on any atom is -0.410 e. The van der Waals surface area contributed by atoms with E-state index in [9.17, 15) is 18.8 Å². The molecule has 2 aromatic rings. The molecule has 3 atom stereocenters. The molecule has 3 amide bonds. The first-order valence-electron chi connectivity index (χ1n) is 14.1. The molecular weight excluding hydrogens is 533 g/mol. The lowest BCUT2D eigenvalue weighted by Gasteiger charge is -2.34. The Kier molecular flexibility index (Phi) is 8.09. The van der Waals surface area contributed by atoms with Gasteiger partial charge in [-0.15, -0.1) is 0 Å².